The normalized spacial score (nSPS) is 22.6. The molecule has 13 heteroatoms. The number of carbonyl (C=O) groups is 1. The lowest BCUT2D eigenvalue weighted by molar-refractivity contribution is -0.137. The molecule has 3 rings (SSSR count). The smallest absolute Gasteiger partial charge is 0.444 e. The summed E-state index contributed by atoms with van der Waals surface area (Å²) in [4.78, 5) is 13.3. The van der Waals surface area contributed by atoms with Crippen molar-refractivity contribution in [2.75, 3.05) is 13.1 Å². The zero-order chi connectivity index (χ0) is 27.3. The van der Waals surface area contributed by atoms with Crippen molar-refractivity contribution < 1.29 is 40.4 Å². The van der Waals surface area contributed by atoms with Gasteiger partial charge in [0.2, 0.25) is 10.0 Å². The van der Waals surface area contributed by atoms with Gasteiger partial charge < -0.3 is 18.9 Å². The monoisotopic (exact) mass is 534 g/mol. The summed E-state index contributed by atoms with van der Waals surface area (Å²) in [6.07, 6.45) is -4.44. The molecule has 36 heavy (non-hydrogen) atoms. The van der Waals surface area contributed by atoms with Crippen LogP contribution in [0.25, 0.3) is 0 Å². The first-order valence-electron chi connectivity index (χ1n) is 11.8. The van der Waals surface area contributed by atoms with Gasteiger partial charge in [-0.1, -0.05) is 6.07 Å². The highest BCUT2D eigenvalue weighted by atomic mass is 32.2. The first-order valence-corrected chi connectivity index (χ1v) is 13.3. The lowest BCUT2D eigenvalue weighted by Crippen LogP contribution is -2.50. The van der Waals surface area contributed by atoms with E-state index in [0.29, 0.717) is 25.5 Å². The number of carbonyl (C=O) groups excluding carboxylic acids is 1. The van der Waals surface area contributed by atoms with E-state index >= 15 is 0 Å². The molecule has 1 unspecified atom stereocenters. The summed E-state index contributed by atoms with van der Waals surface area (Å²) in [5.41, 5.74) is -3.55. The van der Waals surface area contributed by atoms with E-state index in [1.807, 2.05) is 0 Å². The van der Waals surface area contributed by atoms with Gasteiger partial charge in [-0.3, -0.25) is 0 Å². The van der Waals surface area contributed by atoms with E-state index < -0.39 is 62.7 Å². The van der Waals surface area contributed by atoms with Crippen LogP contribution >= 0.6 is 0 Å². The maximum absolute atomic E-state index is 13.7. The average molecular weight is 534 g/mol. The fraction of sp³-hybridized carbons (Fsp3) is 0.696. The van der Waals surface area contributed by atoms with Gasteiger partial charge in [-0.15, -0.1) is 0 Å². The molecule has 1 aromatic rings. The van der Waals surface area contributed by atoms with Gasteiger partial charge in [-0.25, -0.2) is 17.9 Å². The molecule has 1 aromatic carbocycles. The van der Waals surface area contributed by atoms with Crippen molar-refractivity contribution in [3.63, 3.8) is 0 Å². The molecule has 0 radical (unpaired) electrons. The molecule has 0 aliphatic carbocycles. The van der Waals surface area contributed by atoms with E-state index in [1.165, 1.54) is 4.90 Å². The minimum absolute atomic E-state index is 0.0389. The molecule has 0 spiro atoms. The maximum atomic E-state index is 13.7. The number of sulfonamides is 1. The first kappa shape index (κ1) is 28.7. The van der Waals surface area contributed by atoms with Crippen LogP contribution in [0.5, 0.6) is 0 Å². The summed E-state index contributed by atoms with van der Waals surface area (Å²) in [5, 5.41) is 0. The number of halogens is 3. The number of alkyl halides is 3. The SMILES string of the molecule is CC(C)(C)OC(=O)N1CCCC(NS(=O)(=O)c2cc(B3OC(C)(C)C(C)(C)O3)cc(C(F)(F)F)c2)C1. The van der Waals surface area contributed by atoms with Crippen LogP contribution in [0.4, 0.5) is 18.0 Å². The predicted molar refractivity (Wildman–Crippen MR) is 128 cm³/mol. The van der Waals surface area contributed by atoms with E-state index in [1.54, 1.807) is 48.5 Å². The summed E-state index contributed by atoms with van der Waals surface area (Å²) in [5.74, 6) is 0. The van der Waals surface area contributed by atoms with Crippen molar-refractivity contribution in [3.8, 4) is 0 Å². The van der Waals surface area contributed by atoms with Crippen LogP contribution in [0.1, 0.15) is 66.9 Å². The van der Waals surface area contributed by atoms with E-state index in [0.717, 1.165) is 12.1 Å². The zero-order valence-electron chi connectivity index (χ0n) is 21.7. The van der Waals surface area contributed by atoms with Crippen LogP contribution in [-0.2, 0) is 30.2 Å². The third kappa shape index (κ3) is 6.53. The fourth-order valence-electron chi connectivity index (χ4n) is 3.91. The van der Waals surface area contributed by atoms with Gasteiger partial charge in [0, 0.05) is 19.1 Å². The number of hydrogen-bond donors (Lipinski definition) is 1. The molecular weight excluding hydrogens is 500 g/mol. The second-order valence-corrected chi connectivity index (χ2v) is 13.0. The number of ether oxygens (including phenoxy) is 1. The molecule has 2 fully saturated rings. The molecule has 1 atom stereocenters. The second kappa shape index (κ2) is 9.48. The van der Waals surface area contributed by atoms with Gasteiger partial charge >= 0.3 is 19.4 Å². The van der Waals surface area contributed by atoms with Crippen LogP contribution in [0.15, 0.2) is 23.1 Å². The molecule has 2 aliphatic rings. The van der Waals surface area contributed by atoms with Crippen LogP contribution in [0.2, 0.25) is 0 Å². The summed E-state index contributed by atoms with van der Waals surface area (Å²) >= 11 is 0. The highest BCUT2D eigenvalue weighted by Gasteiger charge is 2.52. The zero-order valence-corrected chi connectivity index (χ0v) is 22.5. The van der Waals surface area contributed by atoms with Crippen LogP contribution in [0, 0.1) is 0 Å². The van der Waals surface area contributed by atoms with Crippen molar-refractivity contribution in [2.24, 2.45) is 0 Å². The lowest BCUT2D eigenvalue weighted by Gasteiger charge is -2.34. The molecule has 0 aromatic heterocycles. The number of nitrogens with one attached hydrogen (secondary N) is 1. The molecule has 8 nitrogen and oxygen atoms in total. The minimum Gasteiger partial charge on any atom is -0.444 e. The van der Waals surface area contributed by atoms with Crippen LogP contribution in [-0.4, -0.2) is 62.5 Å². The van der Waals surface area contributed by atoms with Crippen molar-refractivity contribution >= 4 is 28.7 Å². The Labute approximate surface area is 211 Å². The number of amides is 1. The molecule has 1 amide bonds. The molecule has 0 saturated carbocycles. The summed E-state index contributed by atoms with van der Waals surface area (Å²) in [7, 11) is -5.55. The van der Waals surface area contributed by atoms with Gasteiger partial charge in [0.25, 0.3) is 0 Å². The van der Waals surface area contributed by atoms with E-state index in [9.17, 15) is 26.4 Å². The van der Waals surface area contributed by atoms with Crippen molar-refractivity contribution in [1.29, 1.82) is 0 Å². The quantitative estimate of drug-likeness (QED) is 0.593. The second-order valence-electron chi connectivity index (χ2n) is 11.3. The average Bonchev–Trinajstić information content (AvgIpc) is 2.93. The number of nitrogens with zero attached hydrogens (tertiary/aromatic N) is 1. The molecule has 2 saturated heterocycles. The molecule has 1 N–H and O–H groups in total. The van der Waals surface area contributed by atoms with E-state index in [2.05, 4.69) is 4.72 Å². The Morgan fingerprint density at radius 3 is 2.22 bits per heavy atom. The molecular formula is C23H34BF3N2O6S. The van der Waals surface area contributed by atoms with Crippen LogP contribution in [0.3, 0.4) is 0 Å². The van der Waals surface area contributed by atoms with Gasteiger partial charge in [-0.05, 0) is 78.9 Å². The van der Waals surface area contributed by atoms with E-state index in [-0.39, 0.29) is 12.0 Å². The van der Waals surface area contributed by atoms with Gasteiger partial charge in [0.1, 0.15) is 5.60 Å². The molecule has 2 aliphatic heterocycles. The topological polar surface area (TPSA) is 94.2 Å². The number of hydrogen-bond acceptors (Lipinski definition) is 6. The molecule has 2 heterocycles. The number of likely N-dealkylation sites (tertiary alicyclic amines) is 1. The van der Waals surface area contributed by atoms with Gasteiger partial charge in [-0.2, -0.15) is 13.2 Å². The van der Waals surface area contributed by atoms with Crippen molar-refractivity contribution in [1.82, 2.24) is 9.62 Å². The Morgan fingerprint density at radius 1 is 1.11 bits per heavy atom. The number of piperidine rings is 1. The highest BCUT2D eigenvalue weighted by Crippen LogP contribution is 2.37. The Balaban J connectivity index is 1.88. The van der Waals surface area contributed by atoms with Gasteiger partial charge in [0.15, 0.2) is 0 Å². The summed E-state index contributed by atoms with van der Waals surface area (Å²) < 4.78 is 87.1. The molecule has 0 bridgehead atoms. The predicted octanol–water partition coefficient (Wildman–Crippen LogP) is 3.68. The van der Waals surface area contributed by atoms with Crippen LogP contribution < -0.4 is 10.2 Å². The summed E-state index contributed by atoms with van der Waals surface area (Å²) in [6, 6.07) is 1.87. The fourth-order valence-corrected chi connectivity index (χ4v) is 5.25. The lowest BCUT2D eigenvalue weighted by atomic mass is 9.78. The Hall–Kier alpha value is -1.83. The number of rotatable bonds is 4. The minimum atomic E-state index is -4.79. The largest absolute Gasteiger partial charge is 0.494 e. The van der Waals surface area contributed by atoms with Crippen molar-refractivity contribution in [2.45, 2.75) is 95.2 Å². The molecule has 202 valence electrons. The van der Waals surface area contributed by atoms with Crippen molar-refractivity contribution in [3.05, 3.63) is 23.8 Å². The number of benzene rings is 1. The third-order valence-corrected chi connectivity index (χ3v) is 7.99. The maximum Gasteiger partial charge on any atom is 0.494 e. The standard InChI is InChI=1S/C23H34BF3N2O6S/c1-20(2,3)33-19(30)29-10-8-9-17(14-29)28-36(31,32)18-12-15(23(25,26)27)11-16(13-18)24-34-21(4,5)22(6,7)35-24/h11-13,17,28H,8-10,14H2,1-7H3. The van der Waals surface area contributed by atoms with Gasteiger partial charge in [0.05, 0.1) is 21.7 Å². The highest BCUT2D eigenvalue weighted by molar-refractivity contribution is 7.89. The third-order valence-electron chi connectivity index (χ3n) is 6.49. The Kier molecular flexibility index (Phi) is 7.57. The Bertz CT molecular complexity index is 1090. The first-order chi connectivity index (χ1) is 16.2. The van der Waals surface area contributed by atoms with E-state index in [4.69, 9.17) is 14.0 Å². The summed E-state index contributed by atoms with van der Waals surface area (Å²) in [6.45, 7) is 12.6. The Morgan fingerprint density at radius 2 is 1.69 bits per heavy atom.